The molecular formula is C16H18N4O2S. The Morgan fingerprint density at radius 3 is 2.61 bits per heavy atom. The van der Waals surface area contributed by atoms with Gasteiger partial charge in [0.15, 0.2) is 0 Å². The van der Waals surface area contributed by atoms with Crippen molar-refractivity contribution in [1.29, 1.82) is 0 Å². The largest absolute Gasteiger partial charge is 0.333 e. The van der Waals surface area contributed by atoms with Crippen LogP contribution in [-0.4, -0.2) is 56.6 Å². The van der Waals surface area contributed by atoms with Crippen LogP contribution in [0.3, 0.4) is 0 Å². The Kier molecular flexibility index (Phi) is 3.09. The van der Waals surface area contributed by atoms with Crippen molar-refractivity contribution in [3.8, 4) is 0 Å². The molecule has 4 rings (SSSR count). The first-order valence-electron chi connectivity index (χ1n) is 7.64. The van der Waals surface area contributed by atoms with Gasteiger partial charge in [0.05, 0.1) is 22.2 Å². The van der Waals surface area contributed by atoms with Crippen LogP contribution in [0, 0.1) is 6.92 Å². The second-order valence-corrected chi connectivity index (χ2v) is 7.39. The summed E-state index contributed by atoms with van der Waals surface area (Å²) in [5.74, 6) is 0.0952. The zero-order valence-corrected chi connectivity index (χ0v) is 14.0. The van der Waals surface area contributed by atoms with Crippen molar-refractivity contribution >= 4 is 23.2 Å². The zero-order chi connectivity index (χ0) is 16.2. The lowest BCUT2D eigenvalue weighted by Crippen LogP contribution is -2.78. The molecule has 2 aromatic heterocycles. The highest BCUT2D eigenvalue weighted by molar-refractivity contribution is 7.12. The van der Waals surface area contributed by atoms with Gasteiger partial charge >= 0.3 is 0 Å². The number of likely N-dealkylation sites (tertiary alicyclic amines) is 2. The molecule has 2 fully saturated rings. The monoisotopic (exact) mass is 330 g/mol. The fourth-order valence-electron chi connectivity index (χ4n) is 3.38. The van der Waals surface area contributed by atoms with E-state index in [9.17, 15) is 9.59 Å². The molecule has 2 aromatic rings. The molecule has 0 aliphatic carbocycles. The Labute approximate surface area is 138 Å². The average Bonchev–Trinajstić information content (AvgIpc) is 3.04. The van der Waals surface area contributed by atoms with Gasteiger partial charge < -0.3 is 9.80 Å². The molecule has 6 nitrogen and oxygen atoms in total. The Morgan fingerprint density at radius 1 is 1.30 bits per heavy atom. The summed E-state index contributed by atoms with van der Waals surface area (Å²) in [7, 11) is 1.80. The third-order valence-electron chi connectivity index (χ3n) is 4.77. The molecule has 2 aliphatic rings. The number of rotatable bonds is 2. The van der Waals surface area contributed by atoms with E-state index in [1.807, 2.05) is 28.2 Å². The summed E-state index contributed by atoms with van der Waals surface area (Å²) in [6.07, 6.45) is 4.31. The lowest BCUT2D eigenvalue weighted by Gasteiger charge is -2.62. The van der Waals surface area contributed by atoms with Crippen molar-refractivity contribution in [3.05, 3.63) is 39.8 Å². The van der Waals surface area contributed by atoms with Gasteiger partial charge in [-0.05, 0) is 30.4 Å². The van der Waals surface area contributed by atoms with Gasteiger partial charge in [-0.1, -0.05) is 0 Å². The number of hydrogen-bond donors (Lipinski definition) is 0. The molecule has 2 aliphatic heterocycles. The Morgan fingerprint density at radius 2 is 2.09 bits per heavy atom. The van der Waals surface area contributed by atoms with Gasteiger partial charge in [0, 0.05) is 32.9 Å². The fourth-order valence-corrected chi connectivity index (χ4v) is 4.24. The van der Waals surface area contributed by atoms with E-state index in [-0.39, 0.29) is 17.4 Å². The van der Waals surface area contributed by atoms with E-state index in [0.29, 0.717) is 18.7 Å². The minimum atomic E-state index is -0.158. The summed E-state index contributed by atoms with van der Waals surface area (Å²) in [6, 6.07) is 1.93. The highest BCUT2D eigenvalue weighted by atomic mass is 32.1. The molecule has 0 bridgehead atoms. The van der Waals surface area contributed by atoms with E-state index in [1.54, 1.807) is 24.1 Å². The van der Waals surface area contributed by atoms with E-state index in [0.717, 1.165) is 23.4 Å². The minimum Gasteiger partial charge on any atom is -0.333 e. The number of carbonyl (C=O) groups excluding carboxylic acids is 2. The predicted octanol–water partition coefficient (Wildman–Crippen LogP) is 1.53. The first kappa shape index (κ1) is 14.4. The van der Waals surface area contributed by atoms with Gasteiger partial charge in [-0.3, -0.25) is 14.3 Å². The summed E-state index contributed by atoms with van der Waals surface area (Å²) < 4.78 is 1.63. The first-order chi connectivity index (χ1) is 11.0. The summed E-state index contributed by atoms with van der Waals surface area (Å²) in [6.45, 7) is 4.02. The molecule has 0 aromatic carbocycles. The van der Waals surface area contributed by atoms with Crippen molar-refractivity contribution in [2.45, 2.75) is 18.9 Å². The number of aryl methyl sites for hydroxylation is 2. The van der Waals surface area contributed by atoms with Crippen molar-refractivity contribution < 1.29 is 9.59 Å². The summed E-state index contributed by atoms with van der Waals surface area (Å²) in [5, 5.41) is 6.05. The lowest BCUT2D eigenvalue weighted by molar-refractivity contribution is -0.0846. The van der Waals surface area contributed by atoms with Gasteiger partial charge in [-0.25, -0.2) is 0 Å². The molecular weight excluding hydrogens is 312 g/mol. The molecule has 120 valence electrons. The molecule has 0 saturated carbocycles. The van der Waals surface area contributed by atoms with Gasteiger partial charge in [0.25, 0.3) is 11.8 Å². The van der Waals surface area contributed by atoms with Crippen molar-refractivity contribution in [2.24, 2.45) is 7.05 Å². The lowest BCUT2D eigenvalue weighted by atomic mass is 9.77. The molecule has 23 heavy (non-hydrogen) atoms. The summed E-state index contributed by atoms with van der Waals surface area (Å²) in [4.78, 5) is 29.5. The van der Waals surface area contributed by atoms with Crippen LogP contribution in [0.1, 0.15) is 32.0 Å². The molecule has 7 heteroatoms. The van der Waals surface area contributed by atoms with E-state index in [1.165, 1.54) is 11.3 Å². The molecule has 1 spiro atoms. The topological polar surface area (TPSA) is 58.4 Å². The third kappa shape index (κ3) is 2.18. The van der Waals surface area contributed by atoms with E-state index >= 15 is 0 Å². The molecule has 2 saturated heterocycles. The van der Waals surface area contributed by atoms with Crippen LogP contribution >= 0.6 is 11.3 Å². The third-order valence-corrected chi connectivity index (χ3v) is 5.81. The fraction of sp³-hybridized carbons (Fsp3) is 0.438. The van der Waals surface area contributed by atoms with Gasteiger partial charge in [-0.2, -0.15) is 5.10 Å². The molecule has 0 radical (unpaired) electrons. The quantitative estimate of drug-likeness (QED) is 0.839. The maximum atomic E-state index is 12.6. The van der Waals surface area contributed by atoms with Gasteiger partial charge in [0.1, 0.15) is 0 Å². The summed E-state index contributed by atoms with van der Waals surface area (Å²) in [5.41, 5.74) is 1.57. The molecule has 0 N–H and O–H groups in total. The second-order valence-electron chi connectivity index (χ2n) is 6.48. The maximum Gasteiger partial charge on any atom is 0.264 e. The van der Waals surface area contributed by atoms with E-state index in [4.69, 9.17) is 0 Å². The number of carbonyl (C=O) groups is 2. The Bertz CT molecular complexity index is 788. The predicted molar refractivity (Wildman–Crippen MR) is 86.6 cm³/mol. The summed E-state index contributed by atoms with van der Waals surface area (Å²) >= 11 is 1.48. The van der Waals surface area contributed by atoms with Crippen molar-refractivity contribution in [3.63, 3.8) is 0 Å². The number of hydrogen-bond acceptors (Lipinski definition) is 4. The molecule has 4 heterocycles. The van der Waals surface area contributed by atoms with Crippen molar-refractivity contribution in [1.82, 2.24) is 19.6 Å². The highest BCUT2D eigenvalue weighted by Gasteiger charge is 2.56. The number of amides is 2. The Balaban J connectivity index is 1.44. The van der Waals surface area contributed by atoms with Gasteiger partial charge in [-0.15, -0.1) is 11.3 Å². The maximum absolute atomic E-state index is 12.6. The normalized spacial score (nSPS) is 18.7. The molecule has 0 unspecified atom stereocenters. The number of nitrogens with zero attached hydrogens (tertiary/aromatic N) is 4. The Hall–Kier alpha value is -2.15. The molecule has 0 atom stereocenters. The SMILES string of the molecule is Cc1csc(C(=O)N2CC3(CCN3C(=O)c3cnn(C)c3)C2)c1. The van der Waals surface area contributed by atoms with Crippen LogP contribution in [0.5, 0.6) is 0 Å². The first-order valence-corrected chi connectivity index (χ1v) is 8.51. The number of aromatic nitrogens is 2. The highest BCUT2D eigenvalue weighted by Crippen LogP contribution is 2.40. The number of thiophene rings is 1. The van der Waals surface area contributed by atoms with Crippen molar-refractivity contribution in [2.75, 3.05) is 19.6 Å². The average molecular weight is 330 g/mol. The standard InChI is InChI=1S/C16H18N4O2S/c1-11-5-13(23-8-11)15(22)19-9-16(10-19)3-4-20(16)14(21)12-6-17-18(2)7-12/h5-8H,3-4,9-10H2,1-2H3. The minimum absolute atomic E-state index is 0.0171. The van der Waals surface area contributed by atoms with E-state index in [2.05, 4.69) is 5.10 Å². The second kappa shape index (κ2) is 4.92. The van der Waals surface area contributed by atoms with Crippen LogP contribution in [-0.2, 0) is 7.05 Å². The zero-order valence-electron chi connectivity index (χ0n) is 13.2. The molecule has 2 amide bonds. The van der Waals surface area contributed by atoms with Crippen LogP contribution in [0.2, 0.25) is 0 Å². The smallest absolute Gasteiger partial charge is 0.264 e. The van der Waals surface area contributed by atoms with Crippen LogP contribution in [0.25, 0.3) is 0 Å². The van der Waals surface area contributed by atoms with Crippen LogP contribution < -0.4 is 0 Å². The van der Waals surface area contributed by atoms with Gasteiger partial charge in [0.2, 0.25) is 0 Å². The van der Waals surface area contributed by atoms with Crippen LogP contribution in [0.15, 0.2) is 23.8 Å². The van der Waals surface area contributed by atoms with E-state index < -0.39 is 0 Å². The van der Waals surface area contributed by atoms with Crippen LogP contribution in [0.4, 0.5) is 0 Å².